The van der Waals surface area contributed by atoms with Crippen molar-refractivity contribution < 1.29 is 129 Å². The Kier molecular flexibility index (Phi) is 18.0. The number of carbonyl (C=O) groups is 4. The first-order valence-corrected chi connectivity index (χ1v) is 24.9. The lowest BCUT2D eigenvalue weighted by Gasteiger charge is -2.42. The highest BCUT2D eigenvalue weighted by molar-refractivity contribution is 6.03. The van der Waals surface area contributed by atoms with Gasteiger partial charge in [-0.3, -0.25) is 9.59 Å². The van der Waals surface area contributed by atoms with Crippen molar-refractivity contribution in [2.24, 2.45) is 0 Å². The minimum atomic E-state index is -2.28. The van der Waals surface area contributed by atoms with E-state index < -0.39 is 195 Å². The molecule has 6 aromatic rings. The molecule has 0 unspecified atom stereocenters. The highest BCUT2D eigenvalue weighted by Gasteiger charge is 2.51. The van der Waals surface area contributed by atoms with Gasteiger partial charge in [0.15, 0.2) is 82.0 Å². The van der Waals surface area contributed by atoms with E-state index in [2.05, 4.69) is 0 Å². The smallest absolute Gasteiger partial charge is 0.338 e. The first-order chi connectivity index (χ1) is 39.0. The summed E-state index contributed by atoms with van der Waals surface area (Å²) in [6, 6.07) is 22.5. The first-order valence-electron chi connectivity index (χ1n) is 24.9. The van der Waals surface area contributed by atoms with Gasteiger partial charge in [0.2, 0.25) is 18.3 Å². The van der Waals surface area contributed by atoms with Crippen molar-refractivity contribution in [1.82, 2.24) is 0 Å². The number of esters is 2. The van der Waals surface area contributed by atoms with E-state index in [9.17, 15) is 95.8 Å². The van der Waals surface area contributed by atoms with Gasteiger partial charge in [-0.2, -0.15) is 0 Å². The van der Waals surface area contributed by atoms with E-state index in [1.54, 1.807) is 60.7 Å². The van der Waals surface area contributed by atoms with Crippen LogP contribution in [0.4, 0.5) is 0 Å². The monoisotopic (exact) mass is 1140 g/mol. The molecule has 2 aliphatic heterocycles. The quantitative estimate of drug-likeness (QED) is 0.0297. The van der Waals surface area contributed by atoms with Crippen molar-refractivity contribution in [3.63, 3.8) is 0 Å². The van der Waals surface area contributed by atoms with Crippen LogP contribution in [0.5, 0.6) is 74.7 Å². The highest BCUT2D eigenvalue weighted by atomic mass is 16.7. The zero-order chi connectivity index (χ0) is 59.3. The van der Waals surface area contributed by atoms with E-state index in [1.165, 1.54) is 0 Å². The number of phenolic OH excluding ortho intramolecular Hbond substituents is 10. The van der Waals surface area contributed by atoms with Crippen molar-refractivity contribution >= 4 is 23.5 Å². The molecule has 2 heterocycles. The van der Waals surface area contributed by atoms with E-state index in [1.807, 2.05) is 0 Å². The van der Waals surface area contributed by atoms with Gasteiger partial charge in [0.1, 0.15) is 65.1 Å². The summed E-state index contributed by atoms with van der Waals surface area (Å²) in [6.45, 7) is -2.11. The Morgan fingerprint density at radius 3 is 1.34 bits per heavy atom. The normalized spacial score (nSPS) is 22.4. The third-order valence-corrected chi connectivity index (χ3v) is 13.2. The van der Waals surface area contributed by atoms with Crippen molar-refractivity contribution in [2.45, 2.75) is 87.1 Å². The number of hydrogen-bond acceptors (Lipinski definition) is 26. The van der Waals surface area contributed by atoms with Crippen LogP contribution in [-0.4, -0.2) is 175 Å². The molecule has 8 rings (SSSR count). The zero-order valence-electron chi connectivity index (χ0n) is 42.5. The minimum Gasteiger partial charge on any atom is -0.507 e. The summed E-state index contributed by atoms with van der Waals surface area (Å²) < 4.78 is 39.9. The van der Waals surface area contributed by atoms with Crippen LogP contribution >= 0.6 is 0 Å². The van der Waals surface area contributed by atoms with Gasteiger partial charge in [0.05, 0.1) is 17.7 Å². The highest BCUT2D eigenvalue weighted by Crippen LogP contribution is 2.47. The standard InChI is InChI=1S/C56H54O26/c57-22-39-45(69)51(81-53(74)26-15-34(63)43(67)35(64)16-26)49(73)56(79-39)78-38-21-33(62)42(30(59)14-12-25-9-5-2-6-10-25)47(71)50(38)76-23-40-46(70)52(82-54(75)27-17-36(65)44(68)37(66)18-27)48(72)55(80-40)77-28-19-31(60)41(32(61)20-28)29(58)13-11-24-7-3-1-4-8-24/h1-10,15-21,39-40,45-46,48-49,51-52,55-57,60-73H,11-14,22-23H2/t39-,40-,45-,46-,48-,49-,51+,52+,55-,56-/m1/s1. The molecule has 0 spiro atoms. The van der Waals surface area contributed by atoms with Gasteiger partial charge in [-0.1, -0.05) is 60.7 Å². The third-order valence-electron chi connectivity index (χ3n) is 13.2. The number of aryl methyl sites for hydroxylation is 2. The molecule has 0 amide bonds. The van der Waals surface area contributed by atoms with Crippen LogP contribution in [0, 0.1) is 0 Å². The molecule has 0 aromatic heterocycles. The Hall–Kier alpha value is -9.28. The predicted molar refractivity (Wildman–Crippen MR) is 274 cm³/mol. The van der Waals surface area contributed by atoms with E-state index >= 15 is 0 Å². The number of aromatic hydroxyl groups is 10. The van der Waals surface area contributed by atoms with E-state index in [4.69, 9.17) is 33.2 Å². The molecule has 2 aliphatic rings. The Bertz CT molecular complexity index is 3250. The summed E-state index contributed by atoms with van der Waals surface area (Å²) in [5.41, 5.74) is -1.04. The topological polar surface area (TPSA) is 436 Å². The van der Waals surface area contributed by atoms with Crippen molar-refractivity contribution in [3.05, 3.63) is 137 Å². The minimum absolute atomic E-state index is 0.0849. The summed E-state index contributed by atoms with van der Waals surface area (Å²) in [4.78, 5) is 53.9. The molecule has 6 aromatic carbocycles. The van der Waals surface area contributed by atoms with E-state index in [0.717, 1.165) is 17.7 Å². The number of rotatable bonds is 20. The Morgan fingerprint density at radius 2 is 0.878 bits per heavy atom. The predicted octanol–water partition coefficient (Wildman–Crippen LogP) is 2.55. The van der Waals surface area contributed by atoms with Crippen LogP contribution in [0.15, 0.2) is 103 Å². The maximum atomic E-state index is 13.9. The second kappa shape index (κ2) is 25.0. The number of ketones is 2. The molecule has 0 radical (unpaired) electrons. The zero-order valence-corrected chi connectivity index (χ0v) is 42.5. The molecule has 2 fully saturated rings. The Morgan fingerprint density at radius 1 is 0.463 bits per heavy atom. The van der Waals surface area contributed by atoms with Crippen LogP contribution in [0.25, 0.3) is 0 Å². The van der Waals surface area contributed by atoms with Gasteiger partial charge in [-0.05, 0) is 48.2 Å². The lowest BCUT2D eigenvalue weighted by atomic mass is 9.98. The van der Waals surface area contributed by atoms with E-state index in [-0.39, 0.29) is 25.7 Å². The van der Waals surface area contributed by atoms with Crippen LogP contribution in [0.2, 0.25) is 0 Å². The molecule has 82 heavy (non-hydrogen) atoms. The molecule has 2 saturated heterocycles. The first kappa shape index (κ1) is 58.9. The second-order valence-electron chi connectivity index (χ2n) is 18.8. The average molecular weight is 1140 g/mol. The van der Waals surface area contributed by atoms with Crippen LogP contribution in [0.1, 0.15) is 65.4 Å². The number of carbonyl (C=O) groups excluding carboxylic acids is 4. The maximum Gasteiger partial charge on any atom is 0.338 e. The molecule has 15 N–H and O–H groups in total. The second-order valence-corrected chi connectivity index (χ2v) is 18.8. The molecular formula is C56H54O26. The molecule has 26 heteroatoms. The lowest BCUT2D eigenvalue weighted by molar-refractivity contribution is -0.278. The van der Waals surface area contributed by atoms with Crippen molar-refractivity contribution in [2.75, 3.05) is 13.2 Å². The van der Waals surface area contributed by atoms with Gasteiger partial charge in [-0.15, -0.1) is 0 Å². The molecule has 434 valence electrons. The molecule has 0 aliphatic carbocycles. The van der Waals surface area contributed by atoms with Gasteiger partial charge >= 0.3 is 11.9 Å². The molecule has 10 atom stereocenters. The van der Waals surface area contributed by atoms with Gasteiger partial charge in [0, 0.05) is 31.0 Å². The fourth-order valence-electron chi connectivity index (χ4n) is 8.93. The summed E-state index contributed by atoms with van der Waals surface area (Å²) in [5.74, 6) is -16.2. The Labute approximate surface area is 462 Å². The average Bonchev–Trinajstić information content (AvgIpc) is 3.19. The van der Waals surface area contributed by atoms with Crippen LogP contribution < -0.4 is 14.2 Å². The Balaban J connectivity index is 1.12. The number of ether oxygens (including phenoxy) is 7. The van der Waals surface area contributed by atoms with Gasteiger partial charge in [-0.25, -0.2) is 9.59 Å². The molecule has 0 bridgehead atoms. The summed E-state index contributed by atoms with van der Waals surface area (Å²) in [5, 5.41) is 161. The number of hydrogen-bond donors (Lipinski definition) is 15. The van der Waals surface area contributed by atoms with Crippen molar-refractivity contribution in [1.29, 1.82) is 0 Å². The SMILES string of the molecule is O=C(O[C@@H]1[C@@H](O)[C@H](Oc2cc(O)c(C(=O)CCc3ccccc3)c(O)c2)O[C@H](COc2c(O[C@@H]3O[C@H](CO)[C@@H](O)[C@H](OC(=O)c4cc(O)c(O)c(O)c4)[C@H]3O)cc(O)c(C(=O)CCc3ccccc3)c2O)[C@H]1O)c1cc(O)c(O)c(O)c1. The summed E-state index contributed by atoms with van der Waals surface area (Å²) in [6.07, 6.45) is -21.2. The molecule has 26 nitrogen and oxygen atoms in total. The molecular weight excluding hydrogens is 1090 g/mol. The van der Waals surface area contributed by atoms with Gasteiger partial charge in [0.25, 0.3) is 0 Å². The van der Waals surface area contributed by atoms with Gasteiger partial charge < -0.3 is 110 Å². The number of aliphatic hydroxyl groups excluding tert-OH is 5. The third kappa shape index (κ3) is 12.8. The lowest BCUT2D eigenvalue weighted by Crippen LogP contribution is -2.61. The number of Topliss-reactive ketones (excluding diaryl/α,β-unsaturated/α-hetero) is 2. The van der Waals surface area contributed by atoms with Crippen LogP contribution in [0.3, 0.4) is 0 Å². The van der Waals surface area contributed by atoms with Crippen LogP contribution in [-0.2, 0) is 31.8 Å². The van der Waals surface area contributed by atoms with Crippen molar-refractivity contribution in [3.8, 4) is 74.7 Å². The fraction of sp³-hybridized carbons (Fsp3) is 0.286. The largest absolute Gasteiger partial charge is 0.507 e. The maximum absolute atomic E-state index is 13.9. The summed E-state index contributed by atoms with van der Waals surface area (Å²) >= 11 is 0. The number of aliphatic hydroxyl groups is 5. The number of benzene rings is 6. The molecule has 0 saturated carbocycles. The fourth-order valence-corrected chi connectivity index (χ4v) is 8.93. The van der Waals surface area contributed by atoms with E-state index in [0.29, 0.717) is 35.9 Å². The number of phenols is 10. The summed E-state index contributed by atoms with van der Waals surface area (Å²) in [7, 11) is 0.